The molecule has 2 nitrogen and oxygen atoms in total. The summed E-state index contributed by atoms with van der Waals surface area (Å²) in [5.41, 5.74) is 0. The third kappa shape index (κ3) is 5.24. The smallest absolute Gasteiger partial charge is 0.237 e. The van der Waals surface area contributed by atoms with Gasteiger partial charge in [0.2, 0.25) is 0 Å². The topological polar surface area (TPSA) is 8.81 Å². The molecule has 18 heavy (non-hydrogen) atoms. The van der Waals surface area contributed by atoms with E-state index in [1.54, 1.807) is 0 Å². The van der Waals surface area contributed by atoms with E-state index in [-0.39, 0.29) is 0 Å². The fourth-order valence-electron chi connectivity index (χ4n) is 2.47. The fraction of sp³-hybridized carbons (Fsp3) is 0.812. The summed E-state index contributed by atoms with van der Waals surface area (Å²) in [5, 5.41) is 0. The van der Waals surface area contributed by atoms with E-state index in [0.29, 0.717) is 0 Å². The molecule has 0 fully saturated rings. The van der Waals surface area contributed by atoms with Crippen LogP contribution < -0.4 is 4.57 Å². The van der Waals surface area contributed by atoms with Crippen LogP contribution in [0.5, 0.6) is 0 Å². The molecule has 0 bridgehead atoms. The zero-order chi connectivity index (χ0) is 13.2. The summed E-state index contributed by atoms with van der Waals surface area (Å²) in [5.74, 6) is 1.50. The van der Waals surface area contributed by atoms with Crippen LogP contribution in [0, 0.1) is 0 Å². The summed E-state index contributed by atoms with van der Waals surface area (Å²) >= 11 is 0. The number of unbranched alkanes of at least 4 members (excludes halogenated alkanes) is 6. The van der Waals surface area contributed by atoms with Gasteiger partial charge in [0.1, 0.15) is 12.4 Å². The monoisotopic (exact) mass is 251 g/mol. The normalized spacial score (nSPS) is 11.1. The van der Waals surface area contributed by atoms with Crippen molar-refractivity contribution in [1.82, 2.24) is 4.57 Å². The van der Waals surface area contributed by atoms with Crippen LogP contribution in [-0.2, 0) is 20.0 Å². The van der Waals surface area contributed by atoms with Gasteiger partial charge in [0.15, 0.2) is 0 Å². The molecule has 104 valence electrons. The van der Waals surface area contributed by atoms with Crippen molar-refractivity contribution in [1.29, 1.82) is 0 Å². The van der Waals surface area contributed by atoms with E-state index in [2.05, 4.69) is 42.4 Å². The first-order valence-corrected chi connectivity index (χ1v) is 7.83. The van der Waals surface area contributed by atoms with Gasteiger partial charge < -0.3 is 0 Å². The van der Waals surface area contributed by atoms with E-state index >= 15 is 0 Å². The number of hydrogen-bond acceptors (Lipinski definition) is 0. The molecule has 0 unspecified atom stereocenters. The highest BCUT2D eigenvalue weighted by Gasteiger charge is 2.12. The molecule has 0 aliphatic carbocycles. The minimum atomic E-state index is 1.18. The maximum absolute atomic E-state index is 2.44. The molecule has 0 aromatic carbocycles. The molecule has 1 heterocycles. The van der Waals surface area contributed by atoms with Crippen molar-refractivity contribution in [2.45, 2.75) is 78.2 Å². The van der Waals surface area contributed by atoms with Crippen LogP contribution in [0.1, 0.15) is 71.0 Å². The van der Waals surface area contributed by atoms with E-state index in [1.807, 2.05) is 0 Å². The van der Waals surface area contributed by atoms with Crippen LogP contribution in [-0.4, -0.2) is 4.57 Å². The Hall–Kier alpha value is -0.790. The molecule has 1 aromatic rings. The second-order valence-corrected chi connectivity index (χ2v) is 5.39. The summed E-state index contributed by atoms with van der Waals surface area (Å²) in [4.78, 5) is 0. The largest absolute Gasteiger partial charge is 0.256 e. The molecule has 2 heteroatoms. The summed E-state index contributed by atoms with van der Waals surface area (Å²) < 4.78 is 4.73. The van der Waals surface area contributed by atoms with E-state index in [0.717, 1.165) is 0 Å². The molecular weight excluding hydrogens is 220 g/mol. The zero-order valence-corrected chi connectivity index (χ0v) is 12.6. The number of rotatable bonds is 10. The molecule has 1 rings (SSSR count). The lowest BCUT2D eigenvalue weighted by Gasteiger charge is -2.03. The Morgan fingerprint density at radius 3 is 2.33 bits per heavy atom. The third-order valence-corrected chi connectivity index (χ3v) is 3.72. The SMILES string of the molecule is CCCCCCCCc1n(CCCC)cc[n+]1C. The third-order valence-electron chi connectivity index (χ3n) is 3.72. The van der Waals surface area contributed by atoms with Gasteiger partial charge in [-0.15, -0.1) is 0 Å². The minimum Gasteiger partial charge on any atom is -0.237 e. The lowest BCUT2D eigenvalue weighted by Crippen LogP contribution is -2.32. The number of aromatic nitrogens is 2. The second kappa shape index (κ2) is 9.18. The predicted molar refractivity (Wildman–Crippen MR) is 77.6 cm³/mol. The van der Waals surface area contributed by atoms with Gasteiger partial charge in [-0.1, -0.05) is 52.4 Å². The van der Waals surface area contributed by atoms with Crippen LogP contribution in [0.2, 0.25) is 0 Å². The van der Waals surface area contributed by atoms with Crippen LogP contribution in [0.15, 0.2) is 12.4 Å². The average molecular weight is 251 g/mol. The molecule has 0 spiro atoms. The second-order valence-electron chi connectivity index (χ2n) is 5.39. The Bertz CT molecular complexity index is 315. The molecule has 1 aromatic heterocycles. The van der Waals surface area contributed by atoms with E-state index in [9.17, 15) is 0 Å². The quantitative estimate of drug-likeness (QED) is 0.439. The maximum Gasteiger partial charge on any atom is 0.256 e. The lowest BCUT2D eigenvalue weighted by atomic mass is 10.1. The first kappa shape index (κ1) is 15.3. The van der Waals surface area contributed by atoms with Gasteiger partial charge in [-0.2, -0.15) is 0 Å². The molecule has 0 aliphatic rings. The Balaban J connectivity index is 2.29. The fourth-order valence-corrected chi connectivity index (χ4v) is 2.47. The van der Waals surface area contributed by atoms with Gasteiger partial charge in [0.05, 0.1) is 13.6 Å². The van der Waals surface area contributed by atoms with Crippen LogP contribution >= 0.6 is 0 Å². The molecule has 0 saturated carbocycles. The van der Waals surface area contributed by atoms with Crippen LogP contribution in [0.25, 0.3) is 0 Å². The van der Waals surface area contributed by atoms with Gasteiger partial charge in [-0.25, -0.2) is 9.13 Å². The molecule has 0 radical (unpaired) electrons. The number of hydrogen-bond donors (Lipinski definition) is 0. The van der Waals surface area contributed by atoms with E-state index in [1.165, 1.54) is 70.2 Å². The van der Waals surface area contributed by atoms with E-state index in [4.69, 9.17) is 0 Å². The van der Waals surface area contributed by atoms with Gasteiger partial charge in [0.25, 0.3) is 5.82 Å². The Morgan fingerprint density at radius 2 is 1.61 bits per heavy atom. The summed E-state index contributed by atoms with van der Waals surface area (Å²) in [7, 11) is 2.18. The number of aryl methyl sites for hydroxylation is 2. The van der Waals surface area contributed by atoms with Crippen molar-refractivity contribution in [3.8, 4) is 0 Å². The average Bonchev–Trinajstić information content (AvgIpc) is 2.72. The Kier molecular flexibility index (Phi) is 7.79. The molecule has 0 N–H and O–H groups in total. The highest BCUT2D eigenvalue weighted by molar-refractivity contribution is 4.84. The van der Waals surface area contributed by atoms with Crippen LogP contribution in [0.4, 0.5) is 0 Å². The summed E-state index contributed by atoms with van der Waals surface area (Å²) in [6.07, 6.45) is 16.5. The Labute approximate surface area is 113 Å². The number of nitrogens with zero attached hydrogens (tertiary/aromatic N) is 2. The van der Waals surface area contributed by atoms with Gasteiger partial charge in [-0.05, 0) is 12.8 Å². The highest BCUT2D eigenvalue weighted by atomic mass is 15.1. The van der Waals surface area contributed by atoms with Crippen LogP contribution in [0.3, 0.4) is 0 Å². The molecule has 0 amide bonds. The highest BCUT2D eigenvalue weighted by Crippen LogP contribution is 2.09. The zero-order valence-electron chi connectivity index (χ0n) is 12.6. The minimum absolute atomic E-state index is 1.18. The van der Waals surface area contributed by atoms with Crippen molar-refractivity contribution < 1.29 is 4.57 Å². The standard InChI is InChI=1S/C16H31N2/c1-4-6-8-9-10-11-12-16-17(3)14-15-18(16)13-7-5-2/h14-15H,4-13H2,1-3H3/q+1. The van der Waals surface area contributed by atoms with Gasteiger partial charge in [0, 0.05) is 6.42 Å². The summed E-state index contributed by atoms with van der Waals surface area (Å²) in [6.45, 7) is 5.72. The number of imidazole rings is 1. The van der Waals surface area contributed by atoms with Crippen molar-refractivity contribution in [2.75, 3.05) is 0 Å². The first-order chi connectivity index (χ1) is 8.79. The van der Waals surface area contributed by atoms with Gasteiger partial charge >= 0.3 is 0 Å². The van der Waals surface area contributed by atoms with E-state index < -0.39 is 0 Å². The van der Waals surface area contributed by atoms with Crippen molar-refractivity contribution >= 4 is 0 Å². The Morgan fingerprint density at radius 1 is 0.944 bits per heavy atom. The first-order valence-electron chi connectivity index (χ1n) is 7.83. The van der Waals surface area contributed by atoms with Crippen molar-refractivity contribution in [3.05, 3.63) is 18.2 Å². The van der Waals surface area contributed by atoms with Crippen molar-refractivity contribution in [2.24, 2.45) is 7.05 Å². The lowest BCUT2D eigenvalue weighted by molar-refractivity contribution is -0.678. The molecule has 0 atom stereocenters. The molecule has 0 aliphatic heterocycles. The summed E-state index contributed by atoms with van der Waals surface area (Å²) in [6, 6.07) is 0. The molecule has 0 saturated heterocycles. The predicted octanol–water partition coefficient (Wildman–Crippen LogP) is 4.02. The molecular formula is C16H31N2+. The van der Waals surface area contributed by atoms with Gasteiger partial charge in [-0.3, -0.25) is 0 Å². The van der Waals surface area contributed by atoms with Crippen molar-refractivity contribution in [3.63, 3.8) is 0 Å². The maximum atomic E-state index is 2.44.